The Balaban J connectivity index is 3.08. The molecule has 0 amide bonds. The van der Waals surface area contributed by atoms with Crippen LogP contribution in [0.4, 0.5) is 0 Å². The molecule has 0 radical (unpaired) electrons. The molecule has 0 saturated heterocycles. The average Bonchev–Trinajstić information content (AvgIpc) is 2.17. The summed E-state index contributed by atoms with van der Waals surface area (Å²) in [6.45, 7) is 0. The second-order valence-corrected chi connectivity index (χ2v) is 3.00. The van der Waals surface area contributed by atoms with Gasteiger partial charge < -0.3 is 11.1 Å². The van der Waals surface area contributed by atoms with Crippen molar-refractivity contribution in [3.8, 4) is 0 Å². The van der Waals surface area contributed by atoms with Crippen LogP contribution in [0.15, 0.2) is 29.0 Å². The molecule has 62 valence electrons. The topological polar surface area (TPSA) is 62.8 Å². The lowest BCUT2D eigenvalue weighted by molar-refractivity contribution is 1.31. The lowest BCUT2D eigenvalue weighted by atomic mass is 10.2. The van der Waals surface area contributed by atoms with E-state index in [0.29, 0.717) is 10.2 Å². The fraction of sp³-hybridized carbons (Fsp3) is 0. The van der Waals surface area contributed by atoms with Gasteiger partial charge in [-0.15, -0.1) is 0 Å². The van der Waals surface area contributed by atoms with E-state index in [9.17, 15) is 0 Å². The van der Waals surface area contributed by atoms with Crippen molar-refractivity contribution in [2.24, 2.45) is 5.73 Å². The van der Waals surface area contributed by atoms with Crippen molar-refractivity contribution in [2.75, 3.05) is 0 Å². The summed E-state index contributed by atoms with van der Waals surface area (Å²) in [4.78, 5) is 3.86. The van der Waals surface area contributed by atoms with Crippen molar-refractivity contribution in [3.63, 3.8) is 0 Å². The lowest BCUT2D eigenvalue weighted by Crippen LogP contribution is -1.98. The zero-order valence-corrected chi connectivity index (χ0v) is 7.88. The summed E-state index contributed by atoms with van der Waals surface area (Å²) in [7, 11) is 0. The van der Waals surface area contributed by atoms with Gasteiger partial charge in [-0.25, -0.2) is 0 Å². The molecule has 0 atom stereocenters. The molecule has 0 aliphatic carbocycles. The highest BCUT2D eigenvalue weighted by atomic mass is 79.9. The van der Waals surface area contributed by atoms with Crippen LogP contribution in [0.5, 0.6) is 0 Å². The number of halogens is 1. The maximum absolute atomic E-state index is 6.96. The van der Waals surface area contributed by atoms with Crippen LogP contribution in [0.1, 0.15) is 5.56 Å². The minimum atomic E-state index is 0.549. The van der Waals surface area contributed by atoms with Crippen molar-refractivity contribution < 1.29 is 0 Å². The Morgan fingerprint density at radius 1 is 1.50 bits per heavy atom. The van der Waals surface area contributed by atoms with Gasteiger partial charge in [-0.3, -0.25) is 4.98 Å². The Labute approximate surface area is 78.9 Å². The largest absolute Gasteiger partial charge is 0.397 e. The maximum atomic E-state index is 6.96. The van der Waals surface area contributed by atoms with E-state index in [0.717, 1.165) is 11.8 Å². The van der Waals surface area contributed by atoms with Crippen molar-refractivity contribution in [1.82, 2.24) is 4.98 Å². The van der Waals surface area contributed by atoms with Gasteiger partial charge in [0.05, 0.1) is 10.2 Å². The second kappa shape index (κ2) is 4.01. The summed E-state index contributed by atoms with van der Waals surface area (Å²) in [6.07, 6.45) is 4.48. The maximum Gasteiger partial charge on any atom is 0.0586 e. The molecule has 3 N–H and O–H groups in total. The number of nitrogens with one attached hydrogen (secondary N) is 1. The third-order valence-electron chi connectivity index (χ3n) is 1.38. The summed E-state index contributed by atoms with van der Waals surface area (Å²) < 4.78 is 0.578. The zero-order valence-electron chi connectivity index (χ0n) is 6.29. The highest BCUT2D eigenvalue weighted by Crippen LogP contribution is 2.14. The highest BCUT2D eigenvalue weighted by molar-refractivity contribution is 9.12. The van der Waals surface area contributed by atoms with Crippen molar-refractivity contribution >= 4 is 27.8 Å². The van der Waals surface area contributed by atoms with E-state index in [-0.39, 0.29) is 0 Å². The first-order valence-corrected chi connectivity index (χ1v) is 4.11. The molecular weight excluding hydrogens is 218 g/mol. The number of hydrogen-bond donors (Lipinski definition) is 2. The lowest BCUT2D eigenvalue weighted by Gasteiger charge is -2.00. The van der Waals surface area contributed by atoms with Crippen LogP contribution in [0, 0.1) is 5.41 Å². The molecule has 0 unspecified atom stereocenters. The number of nitrogens with two attached hydrogens (primary N) is 1. The monoisotopic (exact) mass is 225 g/mol. The standard InChI is InChI=1S/C8H8BrN3/c9-7(5-10)8(11)6-1-3-12-4-2-6/h1-5,10H,11H2. The van der Waals surface area contributed by atoms with E-state index in [1.807, 2.05) is 0 Å². The van der Waals surface area contributed by atoms with Gasteiger partial charge in [0.25, 0.3) is 0 Å². The van der Waals surface area contributed by atoms with Crippen LogP contribution in [-0.4, -0.2) is 11.2 Å². The van der Waals surface area contributed by atoms with E-state index in [4.69, 9.17) is 11.1 Å². The van der Waals surface area contributed by atoms with Crippen LogP contribution in [0.2, 0.25) is 0 Å². The van der Waals surface area contributed by atoms with Crippen LogP contribution >= 0.6 is 15.9 Å². The van der Waals surface area contributed by atoms with E-state index >= 15 is 0 Å². The average molecular weight is 226 g/mol. The van der Waals surface area contributed by atoms with Gasteiger partial charge in [0.15, 0.2) is 0 Å². The van der Waals surface area contributed by atoms with Crippen molar-refractivity contribution in [1.29, 1.82) is 5.41 Å². The summed E-state index contributed by atoms with van der Waals surface area (Å²) in [5, 5.41) is 6.96. The highest BCUT2D eigenvalue weighted by Gasteiger charge is 1.98. The van der Waals surface area contributed by atoms with E-state index in [2.05, 4.69) is 20.9 Å². The Hall–Kier alpha value is -1.16. The van der Waals surface area contributed by atoms with Gasteiger partial charge >= 0.3 is 0 Å². The van der Waals surface area contributed by atoms with Crippen LogP contribution in [-0.2, 0) is 0 Å². The smallest absolute Gasteiger partial charge is 0.0586 e. The normalized spacial score (nSPS) is 12.1. The van der Waals surface area contributed by atoms with Gasteiger partial charge in [-0.1, -0.05) is 0 Å². The number of rotatable bonds is 2. The number of pyridine rings is 1. The van der Waals surface area contributed by atoms with Gasteiger partial charge in [0, 0.05) is 24.2 Å². The van der Waals surface area contributed by atoms with E-state index in [1.165, 1.54) is 0 Å². The molecule has 1 aromatic rings. The molecular formula is C8H8BrN3. The van der Waals surface area contributed by atoms with E-state index in [1.54, 1.807) is 24.5 Å². The third-order valence-corrected chi connectivity index (χ3v) is 2.03. The van der Waals surface area contributed by atoms with Crippen LogP contribution < -0.4 is 5.73 Å². The quantitative estimate of drug-likeness (QED) is 0.754. The molecule has 1 aromatic heterocycles. The molecule has 0 aliphatic rings. The molecule has 1 rings (SSSR count). The molecule has 3 nitrogen and oxygen atoms in total. The molecule has 12 heavy (non-hydrogen) atoms. The fourth-order valence-corrected chi connectivity index (χ4v) is 0.976. The van der Waals surface area contributed by atoms with Gasteiger partial charge in [-0.05, 0) is 28.1 Å². The Kier molecular flexibility index (Phi) is 2.99. The Morgan fingerprint density at radius 3 is 2.58 bits per heavy atom. The molecule has 0 saturated carbocycles. The molecule has 0 spiro atoms. The van der Waals surface area contributed by atoms with Gasteiger partial charge in [-0.2, -0.15) is 0 Å². The summed E-state index contributed by atoms with van der Waals surface area (Å²) >= 11 is 3.17. The van der Waals surface area contributed by atoms with E-state index < -0.39 is 0 Å². The first kappa shape index (κ1) is 8.93. The summed E-state index contributed by atoms with van der Waals surface area (Å²) in [5.74, 6) is 0. The summed E-state index contributed by atoms with van der Waals surface area (Å²) in [6, 6.07) is 3.58. The van der Waals surface area contributed by atoms with Crippen molar-refractivity contribution in [2.45, 2.75) is 0 Å². The number of allylic oxidation sites excluding steroid dienone is 1. The predicted octanol–water partition coefficient (Wildman–Crippen LogP) is 1.75. The molecule has 0 bridgehead atoms. The Bertz CT molecular complexity index is 305. The number of nitrogens with zero attached hydrogens (tertiary/aromatic N) is 1. The fourth-order valence-electron chi connectivity index (χ4n) is 0.747. The first-order valence-electron chi connectivity index (χ1n) is 3.32. The minimum Gasteiger partial charge on any atom is -0.397 e. The van der Waals surface area contributed by atoms with Gasteiger partial charge in [0.1, 0.15) is 0 Å². The third kappa shape index (κ3) is 1.92. The van der Waals surface area contributed by atoms with Crippen LogP contribution in [0.25, 0.3) is 5.70 Å². The zero-order chi connectivity index (χ0) is 8.97. The summed E-state index contributed by atoms with van der Waals surface area (Å²) in [5.41, 5.74) is 7.11. The molecule has 0 aliphatic heterocycles. The Morgan fingerprint density at radius 2 is 2.08 bits per heavy atom. The number of hydrogen-bond acceptors (Lipinski definition) is 3. The first-order chi connectivity index (χ1) is 5.75. The molecule has 0 aromatic carbocycles. The SMILES string of the molecule is N=CC(Br)=C(N)c1ccncc1. The predicted molar refractivity (Wildman–Crippen MR) is 53.1 cm³/mol. The molecule has 1 heterocycles. The van der Waals surface area contributed by atoms with Gasteiger partial charge in [0.2, 0.25) is 0 Å². The second-order valence-electron chi connectivity index (χ2n) is 2.14. The molecule has 0 fully saturated rings. The molecule has 4 heteroatoms. The van der Waals surface area contributed by atoms with Crippen molar-refractivity contribution in [3.05, 3.63) is 34.6 Å². The van der Waals surface area contributed by atoms with Crippen LogP contribution in [0.3, 0.4) is 0 Å². The number of aromatic nitrogens is 1. The minimum absolute atomic E-state index is 0.549.